The minimum atomic E-state index is -0.221. The fourth-order valence-electron chi connectivity index (χ4n) is 1.30. The number of nitrogens with zero attached hydrogens (tertiary/aromatic N) is 2. The van der Waals surface area contributed by atoms with E-state index in [0.717, 1.165) is 11.4 Å². The number of anilines is 1. The summed E-state index contributed by atoms with van der Waals surface area (Å²) in [6, 6.07) is -0.132. The average molecular weight is 251 g/mol. The molecular weight excluding hydrogens is 238 g/mol. The van der Waals surface area contributed by atoms with Gasteiger partial charge in [0, 0.05) is 17.1 Å². The molecule has 0 aliphatic heterocycles. The van der Waals surface area contributed by atoms with Gasteiger partial charge in [0.25, 0.3) is 5.91 Å². The SMILES string of the molecule is Cc1[nH]ncc1C(=O)Nc1nc(C(C)N)cs1. The Morgan fingerprint density at radius 3 is 2.94 bits per heavy atom. The third-order valence-electron chi connectivity index (χ3n) is 2.28. The molecule has 0 bridgehead atoms. The number of amides is 1. The molecule has 1 atom stereocenters. The lowest BCUT2D eigenvalue weighted by Gasteiger charge is -2.00. The maximum absolute atomic E-state index is 11.8. The van der Waals surface area contributed by atoms with Gasteiger partial charge in [0.2, 0.25) is 0 Å². The van der Waals surface area contributed by atoms with E-state index >= 15 is 0 Å². The predicted molar refractivity (Wildman–Crippen MR) is 66.0 cm³/mol. The van der Waals surface area contributed by atoms with Gasteiger partial charge in [0.05, 0.1) is 17.5 Å². The number of hydrogen-bond donors (Lipinski definition) is 3. The van der Waals surface area contributed by atoms with Crippen molar-refractivity contribution in [1.82, 2.24) is 15.2 Å². The van der Waals surface area contributed by atoms with Crippen molar-refractivity contribution in [2.24, 2.45) is 5.73 Å². The fraction of sp³-hybridized carbons (Fsp3) is 0.300. The van der Waals surface area contributed by atoms with Crippen molar-refractivity contribution >= 4 is 22.4 Å². The number of aryl methyl sites for hydroxylation is 1. The van der Waals surface area contributed by atoms with Crippen LogP contribution in [0.25, 0.3) is 0 Å². The van der Waals surface area contributed by atoms with Crippen LogP contribution in [0.2, 0.25) is 0 Å². The van der Waals surface area contributed by atoms with Gasteiger partial charge in [-0.1, -0.05) is 0 Å². The van der Waals surface area contributed by atoms with E-state index in [1.165, 1.54) is 17.5 Å². The van der Waals surface area contributed by atoms with Gasteiger partial charge < -0.3 is 5.73 Å². The topological polar surface area (TPSA) is 96.7 Å². The summed E-state index contributed by atoms with van der Waals surface area (Å²) in [6.07, 6.45) is 1.49. The summed E-state index contributed by atoms with van der Waals surface area (Å²) >= 11 is 1.36. The van der Waals surface area contributed by atoms with Crippen LogP contribution in [-0.2, 0) is 0 Å². The Bertz CT molecular complexity index is 530. The molecule has 2 rings (SSSR count). The molecule has 17 heavy (non-hydrogen) atoms. The highest BCUT2D eigenvalue weighted by Gasteiger charge is 2.13. The summed E-state index contributed by atoms with van der Waals surface area (Å²) in [5, 5.41) is 11.6. The van der Waals surface area contributed by atoms with Crippen molar-refractivity contribution in [3.8, 4) is 0 Å². The van der Waals surface area contributed by atoms with E-state index in [9.17, 15) is 4.79 Å². The minimum absolute atomic E-state index is 0.132. The van der Waals surface area contributed by atoms with Crippen molar-refractivity contribution < 1.29 is 4.79 Å². The Morgan fingerprint density at radius 1 is 1.65 bits per heavy atom. The second-order valence-corrected chi connectivity index (χ2v) is 4.59. The van der Waals surface area contributed by atoms with Gasteiger partial charge in [-0.05, 0) is 13.8 Å². The number of nitrogens with one attached hydrogen (secondary N) is 2. The van der Waals surface area contributed by atoms with Crippen LogP contribution in [-0.4, -0.2) is 21.1 Å². The summed E-state index contributed by atoms with van der Waals surface area (Å²) in [5.41, 5.74) is 7.71. The summed E-state index contributed by atoms with van der Waals surface area (Å²) in [7, 11) is 0. The summed E-state index contributed by atoms with van der Waals surface area (Å²) < 4.78 is 0. The zero-order valence-corrected chi connectivity index (χ0v) is 10.3. The average Bonchev–Trinajstić information content (AvgIpc) is 2.86. The zero-order chi connectivity index (χ0) is 12.4. The van der Waals surface area contributed by atoms with Crippen LogP contribution < -0.4 is 11.1 Å². The van der Waals surface area contributed by atoms with Crippen molar-refractivity contribution in [3.05, 3.63) is 28.5 Å². The van der Waals surface area contributed by atoms with Crippen LogP contribution in [0.5, 0.6) is 0 Å². The van der Waals surface area contributed by atoms with Crippen molar-refractivity contribution in [2.75, 3.05) is 5.32 Å². The zero-order valence-electron chi connectivity index (χ0n) is 9.52. The number of rotatable bonds is 3. The van der Waals surface area contributed by atoms with Crippen molar-refractivity contribution in [3.63, 3.8) is 0 Å². The smallest absolute Gasteiger partial charge is 0.260 e. The van der Waals surface area contributed by atoms with E-state index in [0.29, 0.717) is 10.7 Å². The number of nitrogens with two attached hydrogens (primary N) is 1. The Balaban J connectivity index is 2.11. The van der Waals surface area contributed by atoms with Crippen LogP contribution in [0.3, 0.4) is 0 Å². The number of aromatic amines is 1. The molecule has 0 saturated carbocycles. The summed E-state index contributed by atoms with van der Waals surface area (Å²) in [6.45, 7) is 3.64. The molecule has 0 spiro atoms. The van der Waals surface area contributed by atoms with Gasteiger partial charge in [-0.2, -0.15) is 5.10 Å². The Morgan fingerprint density at radius 2 is 2.41 bits per heavy atom. The molecule has 7 heteroatoms. The van der Waals surface area contributed by atoms with Gasteiger partial charge in [-0.15, -0.1) is 11.3 Å². The van der Waals surface area contributed by atoms with Crippen LogP contribution in [0.15, 0.2) is 11.6 Å². The maximum Gasteiger partial charge on any atom is 0.260 e. The quantitative estimate of drug-likeness (QED) is 0.769. The normalized spacial score (nSPS) is 12.4. The molecular formula is C10H13N5OS. The van der Waals surface area contributed by atoms with Gasteiger partial charge in [0.15, 0.2) is 5.13 Å². The van der Waals surface area contributed by atoms with Gasteiger partial charge >= 0.3 is 0 Å². The third kappa shape index (κ3) is 2.51. The monoisotopic (exact) mass is 251 g/mol. The second kappa shape index (κ2) is 4.64. The molecule has 1 amide bonds. The molecule has 2 aromatic heterocycles. The molecule has 6 nitrogen and oxygen atoms in total. The Labute approximate surface area is 102 Å². The molecule has 2 aromatic rings. The largest absolute Gasteiger partial charge is 0.323 e. The molecule has 0 aliphatic carbocycles. The standard InChI is InChI=1S/C10H13N5OS/c1-5(11)8-4-17-10(13-8)14-9(16)7-3-12-15-6(7)2/h3-5H,11H2,1-2H3,(H,12,15)(H,13,14,16). The van der Waals surface area contributed by atoms with Crippen LogP contribution in [0.4, 0.5) is 5.13 Å². The highest BCUT2D eigenvalue weighted by Crippen LogP contribution is 2.20. The fourth-order valence-corrected chi connectivity index (χ4v) is 2.11. The molecule has 4 N–H and O–H groups in total. The second-order valence-electron chi connectivity index (χ2n) is 3.73. The number of thiazole rings is 1. The molecule has 0 fully saturated rings. The van der Waals surface area contributed by atoms with Gasteiger partial charge in [-0.3, -0.25) is 15.2 Å². The lowest BCUT2D eigenvalue weighted by Crippen LogP contribution is -2.12. The van der Waals surface area contributed by atoms with E-state index in [1.54, 1.807) is 6.92 Å². The molecule has 1 unspecified atom stereocenters. The van der Waals surface area contributed by atoms with E-state index in [2.05, 4.69) is 20.5 Å². The van der Waals surface area contributed by atoms with Gasteiger partial charge in [0.1, 0.15) is 0 Å². The first-order chi connectivity index (χ1) is 8.08. The molecule has 2 heterocycles. The lowest BCUT2D eigenvalue weighted by molar-refractivity contribution is 0.102. The predicted octanol–water partition coefficient (Wildman–Crippen LogP) is 1.45. The number of aromatic nitrogens is 3. The number of carbonyl (C=O) groups is 1. The Hall–Kier alpha value is -1.73. The molecule has 90 valence electrons. The molecule has 0 radical (unpaired) electrons. The highest BCUT2D eigenvalue weighted by molar-refractivity contribution is 7.14. The van der Waals surface area contributed by atoms with E-state index in [4.69, 9.17) is 5.73 Å². The lowest BCUT2D eigenvalue weighted by atomic mass is 10.2. The highest BCUT2D eigenvalue weighted by atomic mass is 32.1. The van der Waals surface area contributed by atoms with E-state index in [-0.39, 0.29) is 11.9 Å². The van der Waals surface area contributed by atoms with Crippen LogP contribution in [0.1, 0.15) is 34.7 Å². The number of carbonyl (C=O) groups excluding carboxylic acids is 1. The first-order valence-corrected chi connectivity index (χ1v) is 5.98. The van der Waals surface area contributed by atoms with Crippen LogP contribution in [0, 0.1) is 6.92 Å². The van der Waals surface area contributed by atoms with E-state index in [1.807, 2.05) is 12.3 Å². The van der Waals surface area contributed by atoms with Gasteiger partial charge in [-0.25, -0.2) is 4.98 Å². The van der Waals surface area contributed by atoms with Crippen LogP contribution >= 0.6 is 11.3 Å². The Kier molecular flexibility index (Phi) is 3.21. The first-order valence-electron chi connectivity index (χ1n) is 5.10. The molecule has 0 saturated heterocycles. The van der Waals surface area contributed by atoms with E-state index < -0.39 is 0 Å². The maximum atomic E-state index is 11.8. The number of hydrogen-bond acceptors (Lipinski definition) is 5. The van der Waals surface area contributed by atoms with Crippen molar-refractivity contribution in [2.45, 2.75) is 19.9 Å². The molecule has 0 aromatic carbocycles. The summed E-state index contributed by atoms with van der Waals surface area (Å²) in [5.74, 6) is -0.221. The number of H-pyrrole nitrogens is 1. The summed E-state index contributed by atoms with van der Waals surface area (Å²) in [4.78, 5) is 16.1. The van der Waals surface area contributed by atoms with Crippen molar-refractivity contribution in [1.29, 1.82) is 0 Å². The molecule has 0 aliphatic rings. The minimum Gasteiger partial charge on any atom is -0.323 e. The third-order valence-corrected chi connectivity index (χ3v) is 3.06. The first kappa shape index (κ1) is 11.7.